The maximum absolute atomic E-state index is 11.8. The van der Waals surface area contributed by atoms with E-state index in [1.165, 1.54) is 0 Å². The Labute approximate surface area is 121 Å². The van der Waals surface area contributed by atoms with Gasteiger partial charge < -0.3 is 15.7 Å². The van der Waals surface area contributed by atoms with Crippen LogP contribution in [0.5, 0.6) is 0 Å². The van der Waals surface area contributed by atoms with Gasteiger partial charge in [0.15, 0.2) is 0 Å². The van der Waals surface area contributed by atoms with Crippen molar-refractivity contribution in [2.45, 2.75) is 52.3 Å². The summed E-state index contributed by atoms with van der Waals surface area (Å²) < 4.78 is 0. The summed E-state index contributed by atoms with van der Waals surface area (Å²) in [7, 11) is 0. The average molecular weight is 278 g/mol. The second kappa shape index (κ2) is 7.90. The van der Waals surface area contributed by atoms with Crippen LogP contribution in [0.3, 0.4) is 0 Å². The fourth-order valence-corrected chi connectivity index (χ4v) is 1.84. The van der Waals surface area contributed by atoms with E-state index >= 15 is 0 Å². The number of carbonyl (C=O) groups is 1. The molecule has 0 spiro atoms. The van der Waals surface area contributed by atoms with E-state index in [-0.39, 0.29) is 18.1 Å². The van der Waals surface area contributed by atoms with Crippen LogP contribution in [0.25, 0.3) is 0 Å². The van der Waals surface area contributed by atoms with Crippen molar-refractivity contribution in [2.24, 2.45) is 5.92 Å². The quantitative estimate of drug-likeness (QED) is 0.749. The lowest BCUT2D eigenvalue weighted by Crippen LogP contribution is -2.46. The molecule has 0 fully saturated rings. The molecule has 1 aromatic carbocycles. The minimum absolute atomic E-state index is 0.0930. The maximum Gasteiger partial charge on any atom is 0.315 e. The Hall–Kier alpha value is -1.55. The molecular weight excluding hydrogens is 252 g/mol. The number of rotatable bonds is 6. The van der Waals surface area contributed by atoms with Crippen molar-refractivity contribution >= 4 is 6.03 Å². The third-order valence-corrected chi connectivity index (χ3v) is 3.50. The Kier molecular flexibility index (Phi) is 6.52. The van der Waals surface area contributed by atoms with E-state index in [2.05, 4.69) is 24.5 Å². The molecule has 0 aromatic heterocycles. The van der Waals surface area contributed by atoms with Crippen molar-refractivity contribution in [1.29, 1.82) is 0 Å². The van der Waals surface area contributed by atoms with Crippen LogP contribution in [0, 0.1) is 5.92 Å². The molecule has 0 saturated carbocycles. The zero-order chi connectivity index (χ0) is 15.1. The fourth-order valence-electron chi connectivity index (χ4n) is 1.84. The summed E-state index contributed by atoms with van der Waals surface area (Å²) in [6.45, 7) is 8.00. The van der Waals surface area contributed by atoms with Gasteiger partial charge in [-0.2, -0.15) is 0 Å². The molecule has 0 bridgehead atoms. The molecule has 1 aromatic rings. The molecule has 112 valence electrons. The lowest BCUT2D eigenvalue weighted by molar-refractivity contribution is 0.154. The van der Waals surface area contributed by atoms with Gasteiger partial charge in [0.1, 0.15) is 0 Å². The van der Waals surface area contributed by atoms with E-state index in [1.54, 1.807) is 0 Å². The van der Waals surface area contributed by atoms with Gasteiger partial charge in [-0.15, -0.1) is 0 Å². The molecule has 3 N–H and O–H groups in total. The van der Waals surface area contributed by atoms with Crippen molar-refractivity contribution < 1.29 is 9.90 Å². The second-order valence-corrected chi connectivity index (χ2v) is 5.71. The summed E-state index contributed by atoms with van der Waals surface area (Å²) in [5.41, 5.74) is 0.872. The van der Waals surface area contributed by atoms with Crippen molar-refractivity contribution in [3.05, 3.63) is 35.9 Å². The van der Waals surface area contributed by atoms with Gasteiger partial charge in [0.05, 0.1) is 6.10 Å². The van der Waals surface area contributed by atoms with E-state index in [0.29, 0.717) is 12.3 Å². The first-order chi connectivity index (χ1) is 9.40. The molecule has 3 atom stereocenters. The molecular formula is C16H26N2O2. The van der Waals surface area contributed by atoms with Crippen LogP contribution in [0.4, 0.5) is 4.79 Å². The molecule has 0 aliphatic heterocycles. The number of urea groups is 1. The minimum Gasteiger partial charge on any atom is -0.388 e. The number of nitrogens with one attached hydrogen (secondary N) is 2. The van der Waals surface area contributed by atoms with Crippen molar-refractivity contribution in [3.63, 3.8) is 0 Å². The highest BCUT2D eigenvalue weighted by Gasteiger charge is 2.16. The highest BCUT2D eigenvalue weighted by molar-refractivity contribution is 5.74. The predicted molar refractivity (Wildman–Crippen MR) is 81.4 cm³/mol. The summed E-state index contributed by atoms with van der Waals surface area (Å²) in [6.07, 6.45) is -0.0675. The van der Waals surface area contributed by atoms with Crippen LogP contribution in [-0.4, -0.2) is 23.2 Å². The highest BCUT2D eigenvalue weighted by Crippen LogP contribution is 2.17. The SMILES string of the molecule is CC(CC(O)c1ccccc1)NC(=O)NC(C)C(C)C. The second-order valence-electron chi connectivity index (χ2n) is 5.71. The smallest absolute Gasteiger partial charge is 0.315 e. The molecule has 0 radical (unpaired) electrons. The van der Waals surface area contributed by atoms with Gasteiger partial charge in [0.25, 0.3) is 0 Å². The van der Waals surface area contributed by atoms with E-state index < -0.39 is 6.10 Å². The van der Waals surface area contributed by atoms with Gasteiger partial charge in [0, 0.05) is 12.1 Å². The van der Waals surface area contributed by atoms with Crippen LogP contribution in [-0.2, 0) is 0 Å². The molecule has 0 heterocycles. The van der Waals surface area contributed by atoms with Crippen molar-refractivity contribution in [3.8, 4) is 0 Å². The van der Waals surface area contributed by atoms with Gasteiger partial charge in [-0.25, -0.2) is 4.79 Å². The van der Waals surface area contributed by atoms with Crippen LogP contribution in [0.2, 0.25) is 0 Å². The summed E-state index contributed by atoms with van der Waals surface area (Å²) in [4.78, 5) is 11.8. The first-order valence-electron chi connectivity index (χ1n) is 7.20. The minimum atomic E-state index is -0.561. The first kappa shape index (κ1) is 16.5. The number of aliphatic hydroxyl groups is 1. The highest BCUT2D eigenvalue weighted by atomic mass is 16.3. The van der Waals surface area contributed by atoms with E-state index in [1.807, 2.05) is 44.2 Å². The normalized spacial score (nSPS) is 15.5. The van der Waals surface area contributed by atoms with Crippen LogP contribution < -0.4 is 10.6 Å². The molecule has 0 aliphatic carbocycles. The summed E-state index contributed by atoms with van der Waals surface area (Å²) in [5.74, 6) is 0.394. The topological polar surface area (TPSA) is 61.4 Å². The maximum atomic E-state index is 11.8. The Balaban J connectivity index is 2.40. The zero-order valence-electron chi connectivity index (χ0n) is 12.8. The Morgan fingerprint density at radius 1 is 1.10 bits per heavy atom. The molecule has 0 saturated heterocycles. The third kappa shape index (κ3) is 5.61. The predicted octanol–water partition coefficient (Wildman–Crippen LogP) is 2.84. The fraction of sp³-hybridized carbons (Fsp3) is 0.562. The van der Waals surface area contributed by atoms with Gasteiger partial charge in [-0.3, -0.25) is 0 Å². The largest absolute Gasteiger partial charge is 0.388 e. The van der Waals surface area contributed by atoms with Gasteiger partial charge in [-0.1, -0.05) is 44.2 Å². The Morgan fingerprint density at radius 2 is 1.70 bits per heavy atom. The van der Waals surface area contributed by atoms with Gasteiger partial charge in [-0.05, 0) is 31.7 Å². The van der Waals surface area contributed by atoms with Crippen molar-refractivity contribution in [1.82, 2.24) is 10.6 Å². The number of carbonyl (C=O) groups excluding carboxylic acids is 1. The summed E-state index contributed by atoms with van der Waals surface area (Å²) in [6, 6.07) is 9.33. The van der Waals surface area contributed by atoms with Crippen LogP contribution in [0.15, 0.2) is 30.3 Å². The van der Waals surface area contributed by atoms with Crippen molar-refractivity contribution in [2.75, 3.05) is 0 Å². The van der Waals surface area contributed by atoms with Crippen LogP contribution in [0.1, 0.15) is 45.8 Å². The van der Waals surface area contributed by atoms with E-state index in [9.17, 15) is 9.90 Å². The van der Waals surface area contributed by atoms with Crippen LogP contribution >= 0.6 is 0 Å². The van der Waals surface area contributed by atoms with Gasteiger partial charge >= 0.3 is 6.03 Å². The third-order valence-electron chi connectivity index (χ3n) is 3.50. The number of benzene rings is 1. The lowest BCUT2D eigenvalue weighted by Gasteiger charge is -2.22. The molecule has 1 rings (SSSR count). The molecule has 3 unspecified atom stereocenters. The zero-order valence-corrected chi connectivity index (χ0v) is 12.8. The van der Waals surface area contributed by atoms with Gasteiger partial charge in [0.2, 0.25) is 0 Å². The molecule has 20 heavy (non-hydrogen) atoms. The lowest BCUT2D eigenvalue weighted by atomic mass is 10.0. The molecule has 0 aliphatic rings. The number of hydrogen-bond donors (Lipinski definition) is 3. The van der Waals surface area contributed by atoms with E-state index in [4.69, 9.17) is 0 Å². The first-order valence-corrected chi connectivity index (χ1v) is 7.20. The number of amides is 2. The summed E-state index contributed by atoms with van der Waals surface area (Å²) >= 11 is 0. The van der Waals surface area contributed by atoms with E-state index in [0.717, 1.165) is 5.56 Å². The molecule has 4 nitrogen and oxygen atoms in total. The molecule has 4 heteroatoms. The monoisotopic (exact) mass is 278 g/mol. The number of aliphatic hydroxyl groups excluding tert-OH is 1. The molecule has 2 amide bonds. The average Bonchev–Trinajstić information content (AvgIpc) is 2.39. The number of hydrogen-bond acceptors (Lipinski definition) is 2. The standard InChI is InChI=1S/C16H26N2O2/c1-11(2)13(4)18-16(20)17-12(3)10-15(19)14-8-6-5-7-9-14/h5-9,11-13,15,19H,10H2,1-4H3,(H2,17,18,20). The Bertz CT molecular complexity index is 406. The Morgan fingerprint density at radius 3 is 2.25 bits per heavy atom. The summed E-state index contributed by atoms with van der Waals surface area (Å²) in [5, 5.41) is 15.9.